The molecule has 0 radical (unpaired) electrons. The van der Waals surface area contributed by atoms with Gasteiger partial charge in [-0.05, 0) is 24.1 Å². The summed E-state index contributed by atoms with van der Waals surface area (Å²) in [4.78, 5) is 4.34. The Morgan fingerprint density at radius 3 is 2.72 bits per heavy atom. The third-order valence-corrected chi connectivity index (χ3v) is 2.85. The summed E-state index contributed by atoms with van der Waals surface area (Å²) in [6.07, 6.45) is 2.54. The topological polar surface area (TPSA) is 71.5 Å². The Hall–Kier alpha value is -2.36. The molecule has 0 amide bonds. The van der Waals surface area contributed by atoms with Crippen molar-refractivity contribution in [2.45, 2.75) is 13.3 Å². The largest absolute Gasteiger partial charge is 0.409 e. The number of nitrogens with two attached hydrogens (primary N) is 1. The first-order valence-corrected chi connectivity index (χ1v) is 5.79. The van der Waals surface area contributed by atoms with Crippen molar-refractivity contribution in [3.63, 3.8) is 0 Å². The maximum Gasteiger partial charge on any atom is 0.170 e. The van der Waals surface area contributed by atoms with Gasteiger partial charge >= 0.3 is 0 Å². The number of aromatic nitrogens is 1. The Morgan fingerprint density at radius 1 is 1.28 bits per heavy atom. The molecule has 0 saturated heterocycles. The number of hydrogen-bond acceptors (Lipinski definition) is 3. The third-order valence-electron chi connectivity index (χ3n) is 2.85. The molecule has 0 atom stereocenters. The highest BCUT2D eigenvalue weighted by Gasteiger charge is 2.11. The Kier molecular flexibility index (Phi) is 3.57. The average Bonchev–Trinajstić information content (AvgIpc) is 2.46. The molecule has 0 unspecified atom stereocenters. The van der Waals surface area contributed by atoms with Crippen molar-refractivity contribution >= 4 is 5.84 Å². The van der Waals surface area contributed by atoms with Crippen LogP contribution in [0.4, 0.5) is 0 Å². The smallest absolute Gasteiger partial charge is 0.170 e. The van der Waals surface area contributed by atoms with E-state index < -0.39 is 0 Å². The van der Waals surface area contributed by atoms with Crippen LogP contribution in [-0.2, 0) is 6.42 Å². The van der Waals surface area contributed by atoms with E-state index in [9.17, 15) is 0 Å². The number of hydrogen-bond donors (Lipinski definition) is 2. The second kappa shape index (κ2) is 5.31. The quantitative estimate of drug-likeness (QED) is 0.375. The van der Waals surface area contributed by atoms with Crippen LogP contribution in [0.1, 0.15) is 18.1 Å². The van der Waals surface area contributed by atoms with Gasteiger partial charge in [0.1, 0.15) is 0 Å². The molecule has 1 heterocycles. The van der Waals surface area contributed by atoms with E-state index in [0.29, 0.717) is 0 Å². The van der Waals surface area contributed by atoms with Gasteiger partial charge < -0.3 is 10.9 Å². The van der Waals surface area contributed by atoms with Gasteiger partial charge in [0.2, 0.25) is 0 Å². The zero-order chi connectivity index (χ0) is 13.0. The summed E-state index contributed by atoms with van der Waals surface area (Å²) < 4.78 is 0. The highest BCUT2D eigenvalue weighted by Crippen LogP contribution is 2.25. The number of oxime groups is 1. The molecular weight excluding hydrogens is 226 g/mol. The van der Waals surface area contributed by atoms with Gasteiger partial charge in [0.05, 0.1) is 5.69 Å². The van der Waals surface area contributed by atoms with Gasteiger partial charge in [-0.3, -0.25) is 4.98 Å². The van der Waals surface area contributed by atoms with E-state index in [2.05, 4.69) is 10.1 Å². The summed E-state index contributed by atoms with van der Waals surface area (Å²) in [6.45, 7) is 2.04. The fraction of sp³-hybridized carbons (Fsp3) is 0.143. The Morgan fingerprint density at radius 2 is 2.11 bits per heavy atom. The third kappa shape index (κ3) is 2.18. The molecule has 0 spiro atoms. The lowest BCUT2D eigenvalue weighted by molar-refractivity contribution is 0.318. The predicted octanol–water partition coefficient (Wildman–Crippen LogP) is 2.41. The van der Waals surface area contributed by atoms with Crippen LogP contribution in [0.5, 0.6) is 0 Å². The Bertz CT molecular complexity index is 565. The van der Waals surface area contributed by atoms with Crippen molar-refractivity contribution in [3.05, 3.63) is 53.7 Å². The van der Waals surface area contributed by atoms with E-state index in [-0.39, 0.29) is 5.84 Å². The summed E-state index contributed by atoms with van der Waals surface area (Å²) in [5.74, 6) is 0.129. The van der Waals surface area contributed by atoms with Gasteiger partial charge in [-0.25, -0.2) is 0 Å². The monoisotopic (exact) mass is 241 g/mol. The summed E-state index contributed by atoms with van der Waals surface area (Å²) in [7, 11) is 0. The minimum absolute atomic E-state index is 0.129. The zero-order valence-electron chi connectivity index (χ0n) is 10.2. The predicted molar refractivity (Wildman–Crippen MR) is 71.6 cm³/mol. The van der Waals surface area contributed by atoms with E-state index in [1.807, 2.05) is 43.3 Å². The van der Waals surface area contributed by atoms with Gasteiger partial charge in [0.15, 0.2) is 5.84 Å². The SMILES string of the molecule is CCc1c(C(N)=NO)cccc1-c1ccccn1. The van der Waals surface area contributed by atoms with E-state index in [4.69, 9.17) is 10.9 Å². The molecule has 4 heteroatoms. The van der Waals surface area contributed by atoms with Crippen LogP contribution in [-0.4, -0.2) is 16.0 Å². The van der Waals surface area contributed by atoms with Crippen LogP contribution in [0.2, 0.25) is 0 Å². The molecule has 2 aromatic rings. The van der Waals surface area contributed by atoms with Crippen molar-refractivity contribution in [1.82, 2.24) is 4.98 Å². The van der Waals surface area contributed by atoms with Crippen LogP contribution in [0.25, 0.3) is 11.3 Å². The Balaban J connectivity index is 2.63. The van der Waals surface area contributed by atoms with Crippen LogP contribution in [0.3, 0.4) is 0 Å². The summed E-state index contributed by atoms with van der Waals surface area (Å²) in [6, 6.07) is 11.5. The molecule has 0 saturated carbocycles. The lowest BCUT2D eigenvalue weighted by Crippen LogP contribution is -2.16. The van der Waals surface area contributed by atoms with E-state index in [1.54, 1.807) is 6.20 Å². The highest BCUT2D eigenvalue weighted by atomic mass is 16.4. The van der Waals surface area contributed by atoms with Crippen molar-refractivity contribution in [1.29, 1.82) is 0 Å². The maximum absolute atomic E-state index is 8.82. The zero-order valence-corrected chi connectivity index (χ0v) is 10.2. The summed E-state index contributed by atoms with van der Waals surface area (Å²) >= 11 is 0. The molecule has 1 aromatic carbocycles. The van der Waals surface area contributed by atoms with Crippen LogP contribution < -0.4 is 5.73 Å². The minimum atomic E-state index is 0.129. The van der Waals surface area contributed by atoms with Crippen LogP contribution in [0, 0.1) is 0 Å². The van der Waals surface area contributed by atoms with Gasteiger partial charge in [-0.1, -0.05) is 36.3 Å². The Labute approximate surface area is 106 Å². The van der Waals surface area contributed by atoms with Crippen molar-refractivity contribution < 1.29 is 5.21 Å². The highest BCUT2D eigenvalue weighted by molar-refractivity contribution is 5.99. The molecule has 0 fully saturated rings. The molecule has 2 rings (SSSR count). The van der Waals surface area contributed by atoms with Crippen LogP contribution in [0.15, 0.2) is 47.8 Å². The molecular formula is C14H15N3O. The molecule has 18 heavy (non-hydrogen) atoms. The fourth-order valence-corrected chi connectivity index (χ4v) is 2.02. The average molecular weight is 241 g/mol. The molecule has 1 aromatic heterocycles. The van der Waals surface area contributed by atoms with E-state index >= 15 is 0 Å². The van der Waals surface area contributed by atoms with E-state index in [0.717, 1.165) is 28.8 Å². The van der Waals surface area contributed by atoms with Crippen molar-refractivity contribution in [2.75, 3.05) is 0 Å². The standard InChI is InChI=1S/C14H15N3O/c1-2-10-11(13-8-3-4-9-16-13)6-5-7-12(10)14(15)17-18/h3-9,18H,2H2,1H3,(H2,15,17). The van der Waals surface area contributed by atoms with Crippen molar-refractivity contribution in [2.24, 2.45) is 10.9 Å². The van der Waals surface area contributed by atoms with Crippen LogP contribution >= 0.6 is 0 Å². The number of pyridine rings is 1. The summed E-state index contributed by atoms with van der Waals surface area (Å²) in [5, 5.41) is 11.9. The lowest BCUT2D eigenvalue weighted by atomic mass is 9.96. The molecule has 3 N–H and O–H groups in total. The number of rotatable bonds is 3. The van der Waals surface area contributed by atoms with Gasteiger partial charge in [-0.2, -0.15) is 0 Å². The normalized spacial score (nSPS) is 11.5. The second-order valence-corrected chi connectivity index (χ2v) is 3.89. The molecule has 4 nitrogen and oxygen atoms in total. The maximum atomic E-state index is 8.82. The first-order valence-electron chi connectivity index (χ1n) is 5.79. The molecule has 0 aliphatic heterocycles. The van der Waals surface area contributed by atoms with Gasteiger partial charge in [-0.15, -0.1) is 0 Å². The summed E-state index contributed by atoms with van der Waals surface area (Å²) in [5.41, 5.74) is 9.39. The molecule has 0 aliphatic rings. The molecule has 0 bridgehead atoms. The second-order valence-electron chi connectivity index (χ2n) is 3.89. The van der Waals surface area contributed by atoms with Gasteiger partial charge in [0, 0.05) is 17.3 Å². The fourth-order valence-electron chi connectivity index (χ4n) is 2.02. The minimum Gasteiger partial charge on any atom is -0.409 e. The first kappa shape index (κ1) is 12.1. The van der Waals surface area contributed by atoms with Crippen molar-refractivity contribution in [3.8, 4) is 11.3 Å². The number of amidine groups is 1. The number of nitrogens with zero attached hydrogens (tertiary/aromatic N) is 2. The van der Waals surface area contributed by atoms with E-state index in [1.165, 1.54) is 0 Å². The molecule has 92 valence electrons. The van der Waals surface area contributed by atoms with Gasteiger partial charge in [0.25, 0.3) is 0 Å². The lowest BCUT2D eigenvalue weighted by Gasteiger charge is -2.12. The molecule has 0 aliphatic carbocycles. The number of benzene rings is 1. The first-order chi connectivity index (χ1) is 8.77.